The average Bonchev–Trinajstić information content (AvgIpc) is 1.37. The zero-order valence-corrected chi connectivity index (χ0v) is 3.79. The van der Waals surface area contributed by atoms with Gasteiger partial charge in [-0.15, -0.1) is 12.4 Å². The van der Waals surface area contributed by atoms with Gasteiger partial charge in [-0.1, -0.05) is 25.3 Å². The molecule has 0 aliphatic rings. The quantitative estimate of drug-likeness (QED) is 0.431. The molecule has 5 heavy (non-hydrogen) atoms. The van der Waals surface area contributed by atoms with Crippen LogP contribution in [0.3, 0.4) is 0 Å². The molecule has 0 aromatic rings. The van der Waals surface area contributed by atoms with Crippen LogP contribution in [0, 0.1) is 0 Å². The third kappa shape index (κ3) is 19.9. The Morgan fingerprint density at radius 3 is 1.20 bits per heavy atom. The second-order valence-electron chi connectivity index (χ2n) is 0.471. The molecule has 0 saturated carbocycles. The van der Waals surface area contributed by atoms with E-state index in [0.717, 1.165) is 0 Å². The summed E-state index contributed by atoms with van der Waals surface area (Å²) in [6, 6.07) is 0. The Labute approximate surface area is 38.6 Å². The van der Waals surface area contributed by atoms with Gasteiger partial charge in [0.25, 0.3) is 0 Å². The zero-order chi connectivity index (χ0) is 3.41. The molecule has 0 bridgehead atoms. The van der Waals surface area contributed by atoms with Crippen molar-refractivity contribution in [2.45, 2.75) is 0 Å². The lowest BCUT2D eigenvalue weighted by molar-refractivity contribution is 2.15. The minimum absolute atomic E-state index is 0. The van der Waals surface area contributed by atoms with Crippen molar-refractivity contribution in [1.29, 1.82) is 0 Å². The van der Waals surface area contributed by atoms with Gasteiger partial charge in [0.2, 0.25) is 0 Å². The van der Waals surface area contributed by atoms with Gasteiger partial charge in [-0.2, -0.15) is 0 Å². The highest BCUT2D eigenvalue weighted by atomic mass is 35.5. The van der Waals surface area contributed by atoms with Crippen LogP contribution in [0.2, 0.25) is 0 Å². The first-order chi connectivity index (χ1) is 1.91. The molecule has 0 aromatic carbocycles. The Hall–Kier alpha value is -0.230. The van der Waals surface area contributed by atoms with E-state index in [1.807, 2.05) is 0 Å². The fraction of sp³-hybridized carbons (Fsp3) is 0. The van der Waals surface area contributed by atoms with Crippen LogP contribution in [-0.4, -0.2) is 0 Å². The number of hydrogen-bond acceptors (Lipinski definition) is 0. The molecule has 0 aliphatic heterocycles. The molecule has 30 valence electrons. The van der Waals surface area contributed by atoms with Crippen LogP contribution in [0.5, 0.6) is 0 Å². The third-order valence-electron chi connectivity index (χ3n) is 0.167. The van der Waals surface area contributed by atoms with E-state index in [-0.39, 0.29) is 12.4 Å². The largest absolute Gasteiger partial charge is 0.147 e. The van der Waals surface area contributed by atoms with Crippen molar-refractivity contribution >= 4 is 12.4 Å². The molecule has 0 N–H and O–H groups in total. The van der Waals surface area contributed by atoms with E-state index in [0.29, 0.717) is 0 Å². The van der Waals surface area contributed by atoms with Gasteiger partial charge in [-0.05, 0) is 0 Å². The van der Waals surface area contributed by atoms with Gasteiger partial charge >= 0.3 is 0 Å². The first-order valence-corrected chi connectivity index (χ1v) is 1.15. The fourth-order valence-electron chi connectivity index (χ4n) is 0. The maximum absolute atomic E-state index is 3.36. The van der Waals surface area contributed by atoms with Gasteiger partial charge in [-0.25, -0.2) is 0 Å². The number of allylic oxidation sites excluding steroid dienone is 2. The van der Waals surface area contributed by atoms with E-state index in [2.05, 4.69) is 13.2 Å². The second-order valence-corrected chi connectivity index (χ2v) is 0.471. The van der Waals surface area contributed by atoms with Crippen LogP contribution in [-0.2, 0) is 0 Å². The Kier molecular flexibility index (Phi) is 16.3. The van der Waals surface area contributed by atoms with Crippen molar-refractivity contribution < 1.29 is 0 Å². The summed E-state index contributed by atoms with van der Waals surface area (Å²) >= 11 is 0. The topological polar surface area (TPSA) is 0 Å². The molecule has 0 radical (unpaired) electrons. The van der Waals surface area contributed by atoms with E-state index in [9.17, 15) is 0 Å². The van der Waals surface area contributed by atoms with Crippen molar-refractivity contribution in [1.82, 2.24) is 0 Å². The molecule has 0 nitrogen and oxygen atoms in total. The number of rotatable bonds is 1. The summed E-state index contributed by atoms with van der Waals surface area (Å²) in [4.78, 5) is 0. The van der Waals surface area contributed by atoms with Gasteiger partial charge in [0.15, 0.2) is 0 Å². The van der Waals surface area contributed by atoms with Crippen molar-refractivity contribution in [2.75, 3.05) is 0 Å². The molecule has 0 rings (SSSR count). The van der Waals surface area contributed by atoms with Crippen molar-refractivity contribution in [2.24, 2.45) is 0 Å². The predicted molar refractivity (Wildman–Crippen MR) is 27.6 cm³/mol. The van der Waals surface area contributed by atoms with Crippen LogP contribution in [0.15, 0.2) is 25.3 Å². The first-order valence-electron chi connectivity index (χ1n) is 1.15. The molecule has 0 aromatic heterocycles. The highest BCUT2D eigenvalue weighted by molar-refractivity contribution is 5.85. The van der Waals surface area contributed by atoms with Gasteiger partial charge in [0.05, 0.1) is 0 Å². The first kappa shape index (κ1) is 8.84. The van der Waals surface area contributed by atoms with E-state index in [4.69, 9.17) is 0 Å². The van der Waals surface area contributed by atoms with Gasteiger partial charge in [0.1, 0.15) is 0 Å². The summed E-state index contributed by atoms with van der Waals surface area (Å²) in [7, 11) is 0. The van der Waals surface area contributed by atoms with Gasteiger partial charge in [-0.3, -0.25) is 0 Å². The summed E-state index contributed by atoms with van der Waals surface area (Å²) in [6.45, 7) is 6.72. The summed E-state index contributed by atoms with van der Waals surface area (Å²) in [5, 5.41) is 0. The lowest BCUT2D eigenvalue weighted by Crippen LogP contribution is -1.21. The Morgan fingerprint density at radius 2 is 1.20 bits per heavy atom. The maximum Gasteiger partial charge on any atom is -0.0701 e. The van der Waals surface area contributed by atoms with Crippen molar-refractivity contribution in [3.63, 3.8) is 0 Å². The molecule has 0 atom stereocenters. The van der Waals surface area contributed by atoms with Crippen molar-refractivity contribution in [3.8, 4) is 0 Å². The normalized spacial score (nSPS) is 4.00. The van der Waals surface area contributed by atoms with E-state index in [1.54, 1.807) is 12.2 Å². The molecule has 0 saturated heterocycles. The second kappa shape index (κ2) is 9.23. The molecular weight excluding hydrogens is 83.5 g/mol. The predicted octanol–water partition coefficient (Wildman–Crippen LogP) is 1.78. The fourth-order valence-corrected chi connectivity index (χ4v) is 0. The lowest BCUT2D eigenvalue weighted by atomic mass is 10.6. The van der Waals surface area contributed by atoms with Crippen LogP contribution >= 0.6 is 12.4 Å². The summed E-state index contributed by atoms with van der Waals surface area (Å²) in [5.74, 6) is 0. The van der Waals surface area contributed by atoms with E-state index >= 15 is 0 Å². The highest BCUT2D eigenvalue weighted by Crippen LogP contribution is 1.52. The molecule has 1 heteroatoms. The summed E-state index contributed by atoms with van der Waals surface area (Å²) < 4.78 is 0. The summed E-state index contributed by atoms with van der Waals surface area (Å²) in [5.41, 5.74) is 0. The summed E-state index contributed by atoms with van der Waals surface area (Å²) in [6.07, 6.45) is 3.28. The zero-order valence-electron chi connectivity index (χ0n) is 2.98. The highest BCUT2D eigenvalue weighted by Gasteiger charge is 1.29. The van der Waals surface area contributed by atoms with E-state index < -0.39 is 0 Å². The van der Waals surface area contributed by atoms with Crippen LogP contribution < -0.4 is 0 Å². The minimum Gasteiger partial charge on any atom is -0.147 e. The Morgan fingerprint density at radius 1 is 1.00 bits per heavy atom. The van der Waals surface area contributed by atoms with Crippen LogP contribution in [0.25, 0.3) is 0 Å². The lowest BCUT2D eigenvalue weighted by Gasteiger charge is -1.44. The third-order valence-corrected chi connectivity index (χ3v) is 0.167. The standard InChI is InChI=1S/C4H6.ClH/c1-3-4-2;/h3-4H,1-2H2;1H. The molecule has 0 spiro atoms. The van der Waals surface area contributed by atoms with Gasteiger partial charge < -0.3 is 0 Å². The van der Waals surface area contributed by atoms with Crippen LogP contribution in [0.1, 0.15) is 0 Å². The molecule has 0 aliphatic carbocycles. The molecule has 0 amide bonds. The number of hydrogen-bond donors (Lipinski definition) is 0. The van der Waals surface area contributed by atoms with E-state index in [1.165, 1.54) is 0 Å². The Bertz CT molecular complexity index is 24.6. The van der Waals surface area contributed by atoms with Crippen LogP contribution in [0.4, 0.5) is 0 Å². The Balaban J connectivity index is 0. The maximum atomic E-state index is 3.36. The monoisotopic (exact) mass is 90.0 g/mol. The number of halogens is 1. The minimum atomic E-state index is 0. The average molecular weight is 90.6 g/mol. The smallest absolute Gasteiger partial charge is 0.0701 e. The molecule has 0 heterocycles. The molecule has 0 fully saturated rings. The molecular formula is C4H7Cl. The SMILES string of the molecule is C=CC=C.Cl. The van der Waals surface area contributed by atoms with Gasteiger partial charge in [0, 0.05) is 0 Å². The van der Waals surface area contributed by atoms with Crippen molar-refractivity contribution in [3.05, 3.63) is 25.3 Å². The molecule has 0 unspecified atom stereocenters.